The summed E-state index contributed by atoms with van der Waals surface area (Å²) in [5.41, 5.74) is 4.81. The van der Waals surface area contributed by atoms with Crippen LogP contribution in [0, 0.1) is 5.82 Å². The van der Waals surface area contributed by atoms with Crippen LogP contribution in [0.5, 0.6) is 0 Å². The van der Waals surface area contributed by atoms with Crippen molar-refractivity contribution in [3.05, 3.63) is 70.5 Å². The Kier molecular flexibility index (Phi) is 8.93. The summed E-state index contributed by atoms with van der Waals surface area (Å²) in [6, 6.07) is 10.9. The number of hydrogen-bond acceptors (Lipinski definition) is 6. The molecule has 2 atom stereocenters. The minimum Gasteiger partial charge on any atom is -0.612 e. The Balaban J connectivity index is 1.86. The molecular weight excluding hydrogens is 489 g/mol. The number of methoxy groups -OCH3 is 1. The fourth-order valence-electron chi connectivity index (χ4n) is 3.83. The molecule has 1 unspecified atom stereocenters. The summed E-state index contributed by atoms with van der Waals surface area (Å²) < 4.78 is 30.5. The van der Waals surface area contributed by atoms with Crippen LogP contribution in [0.1, 0.15) is 37.0 Å². The summed E-state index contributed by atoms with van der Waals surface area (Å²) in [5, 5.41) is 2.26. The van der Waals surface area contributed by atoms with Crippen molar-refractivity contribution in [2.24, 2.45) is 0 Å². The van der Waals surface area contributed by atoms with E-state index < -0.39 is 34.9 Å². The Labute approximate surface area is 211 Å². The monoisotopic (exact) mass is 515 g/mol. The Morgan fingerprint density at radius 3 is 2.46 bits per heavy atom. The van der Waals surface area contributed by atoms with Crippen molar-refractivity contribution in [1.29, 1.82) is 0 Å². The highest BCUT2D eigenvalue weighted by Gasteiger charge is 2.27. The van der Waals surface area contributed by atoms with Crippen LogP contribution in [0.15, 0.2) is 52.9 Å². The molecule has 0 fully saturated rings. The van der Waals surface area contributed by atoms with Gasteiger partial charge in [-0.15, -0.1) is 0 Å². The summed E-state index contributed by atoms with van der Waals surface area (Å²) in [7, 11) is 1.21. The molecule has 9 heteroatoms. The van der Waals surface area contributed by atoms with E-state index in [9.17, 15) is 23.3 Å². The molecule has 0 saturated carbocycles. The van der Waals surface area contributed by atoms with E-state index in [0.717, 1.165) is 38.9 Å². The fraction of sp³-hybridized carbons (Fsp3) is 0.269. The number of allylic oxidation sites excluding steroid dienone is 3. The maximum Gasteiger partial charge on any atom is 0.329 e. The number of carbonyl (C=O) groups excluding carboxylic acids is 3. The number of hydrogen-bond donors (Lipinski definition) is 1. The number of nitrogens with one attached hydrogen (secondary N) is 1. The summed E-state index contributed by atoms with van der Waals surface area (Å²) >= 11 is -0.159. The van der Waals surface area contributed by atoms with E-state index in [0.29, 0.717) is 11.1 Å². The van der Waals surface area contributed by atoms with Crippen molar-refractivity contribution in [1.82, 2.24) is 5.32 Å². The lowest BCUT2D eigenvalue weighted by Crippen LogP contribution is -2.42. The second-order valence-electron chi connectivity index (χ2n) is 8.01. The van der Waals surface area contributed by atoms with Crippen molar-refractivity contribution in [2.75, 3.05) is 19.1 Å². The predicted octanol–water partition coefficient (Wildman–Crippen LogP) is 4.22. The number of thioether (sulfide) groups is 1. The summed E-state index contributed by atoms with van der Waals surface area (Å²) in [5.74, 6) is -1.41. The first kappa shape index (κ1) is 26.7. The Hall–Kier alpha value is -2.88. The first-order chi connectivity index (χ1) is 16.6. The molecule has 0 bridgehead atoms. The fourth-order valence-corrected chi connectivity index (χ4v) is 5.17. The normalized spacial score (nSPS) is 15.5. The molecule has 0 heterocycles. The average molecular weight is 516 g/mol. The molecule has 2 aromatic carbocycles. The van der Waals surface area contributed by atoms with E-state index in [1.54, 1.807) is 24.5 Å². The van der Waals surface area contributed by atoms with Crippen LogP contribution in [0.2, 0.25) is 0 Å². The van der Waals surface area contributed by atoms with Crippen LogP contribution in [0.4, 0.5) is 4.39 Å². The minimum atomic E-state index is -1.08. The summed E-state index contributed by atoms with van der Waals surface area (Å²) in [6.07, 6.45) is 3.61. The van der Waals surface area contributed by atoms with Gasteiger partial charge in [0, 0.05) is 19.1 Å². The lowest BCUT2D eigenvalue weighted by Gasteiger charge is -2.14. The van der Waals surface area contributed by atoms with Crippen molar-refractivity contribution >= 4 is 57.2 Å². The Bertz CT molecular complexity index is 1200. The molecule has 0 aliphatic heterocycles. The molecule has 6 nitrogen and oxygen atoms in total. The smallest absolute Gasteiger partial charge is 0.329 e. The highest BCUT2D eigenvalue weighted by Crippen LogP contribution is 2.44. The van der Waals surface area contributed by atoms with Gasteiger partial charge in [0.15, 0.2) is 10.0 Å². The molecule has 1 amide bonds. The predicted molar refractivity (Wildman–Crippen MR) is 137 cm³/mol. The van der Waals surface area contributed by atoms with Gasteiger partial charge in [0.2, 0.25) is 5.91 Å². The van der Waals surface area contributed by atoms with E-state index in [2.05, 4.69) is 5.32 Å². The largest absolute Gasteiger partial charge is 0.612 e. The van der Waals surface area contributed by atoms with Gasteiger partial charge in [-0.25, -0.2) is 9.18 Å². The van der Waals surface area contributed by atoms with Crippen LogP contribution in [-0.4, -0.2) is 46.7 Å². The third-order valence-corrected chi connectivity index (χ3v) is 7.47. The van der Waals surface area contributed by atoms with Crippen LogP contribution in [-0.2, 0) is 30.3 Å². The number of carbonyl (C=O) groups is 3. The molecule has 3 rings (SSSR count). The number of rotatable bonds is 8. The standard InChI is InChI=1S/C26H26FNO5S2/c1-15-21(11-17-5-8-19(9-6-17)35(4)32)20-10-7-18(27)12-23(20)22(15)13-25(30)34-14-24(26(31)33-3)28-16(2)29/h5-12,24H,13-14H2,1-4H3,(H,28,29)/b21-11-/t24-,35?/m1/s1. The van der Waals surface area contributed by atoms with Crippen LogP contribution in [0.3, 0.4) is 0 Å². The van der Waals surface area contributed by atoms with E-state index >= 15 is 0 Å². The van der Waals surface area contributed by atoms with Gasteiger partial charge in [0.05, 0.1) is 7.11 Å². The van der Waals surface area contributed by atoms with Gasteiger partial charge in [-0.1, -0.05) is 17.8 Å². The van der Waals surface area contributed by atoms with Crippen molar-refractivity contribution in [3.8, 4) is 0 Å². The Morgan fingerprint density at radius 2 is 1.86 bits per heavy atom. The third kappa shape index (κ3) is 6.62. The lowest BCUT2D eigenvalue weighted by atomic mass is 10.0. The summed E-state index contributed by atoms with van der Waals surface area (Å²) in [6.45, 7) is 3.17. The maximum absolute atomic E-state index is 14.1. The average Bonchev–Trinajstić information content (AvgIpc) is 3.06. The van der Waals surface area contributed by atoms with Gasteiger partial charge in [0.25, 0.3) is 0 Å². The van der Waals surface area contributed by atoms with Gasteiger partial charge >= 0.3 is 5.97 Å². The first-order valence-electron chi connectivity index (χ1n) is 10.8. The summed E-state index contributed by atoms with van der Waals surface area (Å²) in [4.78, 5) is 36.8. The number of benzene rings is 2. The Morgan fingerprint density at radius 1 is 1.17 bits per heavy atom. The van der Waals surface area contributed by atoms with Crippen molar-refractivity contribution in [2.45, 2.75) is 31.2 Å². The van der Waals surface area contributed by atoms with E-state index in [1.807, 2.05) is 25.1 Å². The van der Waals surface area contributed by atoms with Gasteiger partial charge in [-0.3, -0.25) is 9.59 Å². The SMILES string of the molecule is COC(=O)[C@@H](CSC(=O)CC1=C(C)/C(=C/c2ccc([S+](C)[O-])cc2)c2ccc(F)cc21)NC(C)=O. The molecule has 0 radical (unpaired) electrons. The third-order valence-electron chi connectivity index (χ3n) is 5.57. The molecule has 0 saturated heterocycles. The zero-order chi connectivity index (χ0) is 25.7. The van der Waals surface area contributed by atoms with Crippen LogP contribution < -0.4 is 5.32 Å². The topological polar surface area (TPSA) is 95.5 Å². The zero-order valence-electron chi connectivity index (χ0n) is 19.8. The molecular formula is C26H26FNO5S2. The number of fused-ring (bicyclic) bond motifs is 1. The molecule has 2 aromatic rings. The molecule has 1 aliphatic rings. The lowest BCUT2D eigenvalue weighted by molar-refractivity contribution is -0.144. The molecule has 1 N–H and O–H groups in total. The first-order valence-corrected chi connectivity index (χ1v) is 13.3. The number of halogens is 1. The molecule has 0 spiro atoms. The van der Waals surface area contributed by atoms with E-state index in [-0.39, 0.29) is 17.3 Å². The van der Waals surface area contributed by atoms with Crippen LogP contribution >= 0.6 is 11.8 Å². The van der Waals surface area contributed by atoms with Gasteiger partial charge in [-0.05, 0) is 94.0 Å². The molecule has 0 aromatic heterocycles. The van der Waals surface area contributed by atoms with Crippen molar-refractivity contribution in [3.63, 3.8) is 0 Å². The van der Waals surface area contributed by atoms with E-state index in [4.69, 9.17) is 4.74 Å². The molecule has 184 valence electrons. The second kappa shape index (κ2) is 11.7. The number of amides is 1. The second-order valence-corrected chi connectivity index (χ2v) is 10.5. The van der Waals surface area contributed by atoms with Crippen molar-refractivity contribution < 1.29 is 28.1 Å². The quantitative estimate of drug-likeness (QED) is 0.418. The highest BCUT2D eigenvalue weighted by molar-refractivity contribution is 8.13. The number of ether oxygens (including phenoxy) is 1. The minimum absolute atomic E-state index is 0.0290. The molecule has 1 aliphatic carbocycles. The maximum atomic E-state index is 14.1. The van der Waals surface area contributed by atoms with Gasteiger partial charge in [-0.2, -0.15) is 0 Å². The van der Waals surface area contributed by atoms with Gasteiger partial charge < -0.3 is 14.6 Å². The molecule has 35 heavy (non-hydrogen) atoms. The zero-order valence-corrected chi connectivity index (χ0v) is 21.5. The van der Waals surface area contributed by atoms with E-state index in [1.165, 1.54) is 26.2 Å². The highest BCUT2D eigenvalue weighted by atomic mass is 32.2. The van der Waals surface area contributed by atoms with Crippen LogP contribution in [0.25, 0.3) is 17.2 Å². The number of esters is 1. The van der Waals surface area contributed by atoms with Gasteiger partial charge in [0.1, 0.15) is 18.1 Å².